The molecule has 146 valence electrons. The van der Waals surface area contributed by atoms with Crippen molar-refractivity contribution >= 4 is 5.91 Å². The molecule has 0 heterocycles. The maximum absolute atomic E-state index is 12.2. The molecular formula is C22H35NO3. The van der Waals surface area contributed by atoms with Crippen molar-refractivity contribution in [1.29, 1.82) is 0 Å². The number of amides is 1. The van der Waals surface area contributed by atoms with Gasteiger partial charge in [-0.05, 0) is 29.9 Å². The summed E-state index contributed by atoms with van der Waals surface area (Å²) in [6.45, 7) is 13.3. The van der Waals surface area contributed by atoms with Gasteiger partial charge in [0.15, 0.2) is 0 Å². The van der Waals surface area contributed by atoms with Crippen molar-refractivity contribution in [3.63, 3.8) is 0 Å². The number of nitrogens with one attached hydrogen (secondary N) is 1. The van der Waals surface area contributed by atoms with E-state index < -0.39 is 0 Å². The van der Waals surface area contributed by atoms with Crippen LogP contribution in [0.5, 0.6) is 0 Å². The lowest BCUT2D eigenvalue weighted by Crippen LogP contribution is -2.31. The highest BCUT2D eigenvalue weighted by atomic mass is 16.5. The zero-order valence-electron chi connectivity index (χ0n) is 17.0. The predicted octanol–water partition coefficient (Wildman–Crippen LogP) is 4.28. The molecule has 1 aromatic rings. The first-order chi connectivity index (χ1) is 12.4. The summed E-state index contributed by atoms with van der Waals surface area (Å²) >= 11 is 0. The summed E-state index contributed by atoms with van der Waals surface area (Å²) in [6, 6.07) is 8.29. The number of carbonyl (C=O) groups excluding carboxylic acids is 1. The van der Waals surface area contributed by atoms with Crippen LogP contribution in [0.15, 0.2) is 36.4 Å². The molecule has 0 aliphatic rings. The Bertz CT molecular complexity index is 535. The fourth-order valence-electron chi connectivity index (χ4n) is 2.42. The van der Waals surface area contributed by atoms with E-state index in [4.69, 9.17) is 9.47 Å². The van der Waals surface area contributed by atoms with E-state index in [0.29, 0.717) is 44.8 Å². The number of allylic oxidation sites excluding steroid dienone is 1. The van der Waals surface area contributed by atoms with Crippen LogP contribution in [0.2, 0.25) is 0 Å². The van der Waals surface area contributed by atoms with E-state index in [1.807, 2.05) is 25.1 Å². The van der Waals surface area contributed by atoms with Crippen molar-refractivity contribution in [1.82, 2.24) is 5.32 Å². The van der Waals surface area contributed by atoms with E-state index in [2.05, 4.69) is 51.2 Å². The minimum absolute atomic E-state index is 0.0287. The number of hydrogen-bond donors (Lipinski definition) is 1. The van der Waals surface area contributed by atoms with Crippen LogP contribution in [0.4, 0.5) is 0 Å². The molecule has 0 saturated carbocycles. The molecule has 1 aromatic carbocycles. The molecule has 0 saturated heterocycles. The monoisotopic (exact) mass is 361 g/mol. The number of benzene rings is 1. The largest absolute Gasteiger partial charge is 0.377 e. The Labute approximate surface area is 159 Å². The highest BCUT2D eigenvalue weighted by molar-refractivity contribution is 5.83. The van der Waals surface area contributed by atoms with E-state index >= 15 is 0 Å². The lowest BCUT2D eigenvalue weighted by molar-refractivity contribution is -0.122. The summed E-state index contributed by atoms with van der Waals surface area (Å²) in [6.07, 6.45) is 4.15. The van der Waals surface area contributed by atoms with Crippen LogP contribution in [-0.2, 0) is 14.3 Å². The van der Waals surface area contributed by atoms with Crippen LogP contribution in [-0.4, -0.2) is 38.9 Å². The first kappa shape index (κ1) is 22.4. The third-order valence-electron chi connectivity index (χ3n) is 4.15. The van der Waals surface area contributed by atoms with Crippen molar-refractivity contribution in [3.05, 3.63) is 47.5 Å². The zero-order valence-corrected chi connectivity index (χ0v) is 17.0. The Morgan fingerprint density at radius 1 is 0.962 bits per heavy atom. The molecule has 0 radical (unpaired) electrons. The molecule has 4 heteroatoms. The third kappa shape index (κ3) is 9.16. The summed E-state index contributed by atoms with van der Waals surface area (Å²) in [5, 5.41) is 2.93. The first-order valence-electron chi connectivity index (χ1n) is 9.61. The molecule has 4 nitrogen and oxygen atoms in total. The highest BCUT2D eigenvalue weighted by Gasteiger charge is 2.14. The molecule has 1 unspecified atom stereocenters. The molecule has 1 N–H and O–H groups in total. The molecule has 0 spiro atoms. The number of carbonyl (C=O) groups is 1. The Morgan fingerprint density at radius 2 is 1.58 bits per heavy atom. The van der Waals surface area contributed by atoms with Gasteiger partial charge in [-0.3, -0.25) is 4.79 Å². The molecule has 1 amide bonds. The van der Waals surface area contributed by atoms with Gasteiger partial charge in [0.05, 0.1) is 32.3 Å². The van der Waals surface area contributed by atoms with Gasteiger partial charge in [0, 0.05) is 6.54 Å². The van der Waals surface area contributed by atoms with E-state index in [9.17, 15) is 4.79 Å². The maximum Gasteiger partial charge on any atom is 0.227 e. The average molecular weight is 362 g/mol. The quantitative estimate of drug-likeness (QED) is 0.447. The SMILES string of the molecule is CC(C)/C=C/COCCOCCNC(=O)C(C)c1ccc(C(C)C)cc1. The fourth-order valence-corrected chi connectivity index (χ4v) is 2.42. The second-order valence-electron chi connectivity index (χ2n) is 7.19. The predicted molar refractivity (Wildman–Crippen MR) is 108 cm³/mol. The lowest BCUT2D eigenvalue weighted by Gasteiger charge is -2.14. The van der Waals surface area contributed by atoms with Crippen LogP contribution in [0.25, 0.3) is 0 Å². The molecule has 0 aliphatic carbocycles. The molecule has 26 heavy (non-hydrogen) atoms. The van der Waals surface area contributed by atoms with Crippen molar-refractivity contribution in [2.75, 3.05) is 33.0 Å². The first-order valence-corrected chi connectivity index (χ1v) is 9.61. The van der Waals surface area contributed by atoms with Crippen LogP contribution in [0.1, 0.15) is 57.6 Å². The van der Waals surface area contributed by atoms with E-state index in [0.717, 1.165) is 5.56 Å². The molecule has 0 aromatic heterocycles. The summed E-state index contributed by atoms with van der Waals surface area (Å²) in [5.74, 6) is 0.919. The minimum atomic E-state index is -0.160. The summed E-state index contributed by atoms with van der Waals surface area (Å²) in [7, 11) is 0. The number of rotatable bonds is 12. The van der Waals surface area contributed by atoms with Crippen molar-refractivity contribution in [3.8, 4) is 0 Å². The second kappa shape index (κ2) is 12.7. The Balaban J connectivity index is 2.14. The summed E-state index contributed by atoms with van der Waals surface area (Å²) < 4.78 is 10.9. The van der Waals surface area contributed by atoms with E-state index in [1.165, 1.54) is 5.56 Å². The van der Waals surface area contributed by atoms with Crippen molar-refractivity contribution in [2.24, 2.45) is 5.92 Å². The van der Waals surface area contributed by atoms with Gasteiger partial charge in [-0.1, -0.05) is 64.1 Å². The molecular weight excluding hydrogens is 326 g/mol. The summed E-state index contributed by atoms with van der Waals surface area (Å²) in [5.41, 5.74) is 2.33. The topological polar surface area (TPSA) is 47.6 Å². The lowest BCUT2D eigenvalue weighted by atomic mass is 9.96. The van der Waals surface area contributed by atoms with Gasteiger partial charge < -0.3 is 14.8 Å². The zero-order chi connectivity index (χ0) is 19.4. The van der Waals surface area contributed by atoms with Crippen LogP contribution >= 0.6 is 0 Å². The molecule has 0 fully saturated rings. The third-order valence-corrected chi connectivity index (χ3v) is 4.15. The normalized spacial score (nSPS) is 12.9. The van der Waals surface area contributed by atoms with Gasteiger partial charge in [0.1, 0.15) is 0 Å². The van der Waals surface area contributed by atoms with Gasteiger partial charge >= 0.3 is 0 Å². The smallest absolute Gasteiger partial charge is 0.227 e. The molecule has 0 aliphatic heterocycles. The van der Waals surface area contributed by atoms with Crippen molar-refractivity contribution in [2.45, 2.75) is 46.5 Å². The van der Waals surface area contributed by atoms with E-state index in [-0.39, 0.29) is 11.8 Å². The van der Waals surface area contributed by atoms with Gasteiger partial charge in [-0.15, -0.1) is 0 Å². The number of ether oxygens (including phenoxy) is 2. The Morgan fingerprint density at radius 3 is 2.19 bits per heavy atom. The van der Waals surface area contributed by atoms with Crippen LogP contribution in [0, 0.1) is 5.92 Å². The fraction of sp³-hybridized carbons (Fsp3) is 0.591. The molecule has 0 bridgehead atoms. The average Bonchev–Trinajstić information content (AvgIpc) is 2.62. The van der Waals surface area contributed by atoms with Gasteiger partial charge in [0.25, 0.3) is 0 Å². The van der Waals surface area contributed by atoms with Gasteiger partial charge in [0.2, 0.25) is 5.91 Å². The van der Waals surface area contributed by atoms with Gasteiger partial charge in [-0.2, -0.15) is 0 Å². The van der Waals surface area contributed by atoms with Crippen LogP contribution < -0.4 is 5.32 Å². The highest BCUT2D eigenvalue weighted by Crippen LogP contribution is 2.20. The number of hydrogen-bond acceptors (Lipinski definition) is 3. The molecule has 1 atom stereocenters. The minimum Gasteiger partial charge on any atom is -0.377 e. The maximum atomic E-state index is 12.2. The second-order valence-corrected chi connectivity index (χ2v) is 7.19. The Hall–Kier alpha value is -1.65. The van der Waals surface area contributed by atoms with Crippen molar-refractivity contribution < 1.29 is 14.3 Å². The van der Waals surface area contributed by atoms with E-state index in [1.54, 1.807) is 0 Å². The standard InChI is InChI=1S/C22H35NO3/c1-17(2)7-6-13-25-15-16-26-14-12-23-22(24)19(5)21-10-8-20(9-11-21)18(3)4/h6-11,17-19H,12-16H2,1-5H3,(H,23,24)/b7-6+. The van der Waals surface area contributed by atoms with Gasteiger partial charge in [-0.25, -0.2) is 0 Å². The van der Waals surface area contributed by atoms with Crippen LogP contribution in [0.3, 0.4) is 0 Å². The summed E-state index contributed by atoms with van der Waals surface area (Å²) in [4.78, 5) is 12.2. The Kier molecular flexibility index (Phi) is 10.9. The molecule has 1 rings (SSSR count).